The largest absolute Gasteiger partial charge is 0.507 e. The number of hydrogen-bond acceptors (Lipinski definition) is 6. The van der Waals surface area contributed by atoms with E-state index in [2.05, 4.69) is 47.1 Å². The minimum absolute atomic E-state index is 0.145. The fourth-order valence-corrected chi connectivity index (χ4v) is 3.03. The van der Waals surface area contributed by atoms with Crippen LogP contribution in [0.3, 0.4) is 0 Å². The molecule has 2 N–H and O–H groups in total. The van der Waals surface area contributed by atoms with Gasteiger partial charge in [-0.25, -0.2) is 9.97 Å². The van der Waals surface area contributed by atoms with Gasteiger partial charge in [0.15, 0.2) is 11.5 Å². The van der Waals surface area contributed by atoms with Crippen LogP contribution in [0, 0.1) is 0 Å². The zero-order valence-corrected chi connectivity index (χ0v) is 16.0. The van der Waals surface area contributed by atoms with Crippen molar-refractivity contribution >= 4 is 54.3 Å². The van der Waals surface area contributed by atoms with Gasteiger partial charge in [-0.1, -0.05) is 0 Å². The average Bonchev–Trinajstić information content (AvgIpc) is 2.61. The van der Waals surface area contributed by atoms with E-state index in [4.69, 9.17) is 9.47 Å². The number of ether oxygens (including phenoxy) is 2. The summed E-state index contributed by atoms with van der Waals surface area (Å²) in [5.74, 6) is 1.95. The highest BCUT2D eigenvalue weighted by Gasteiger charge is 2.13. The number of phenolic OH excluding ortho intramolecular Hbond substituents is 1. The zero-order chi connectivity index (χ0) is 17.3. The number of benzene rings is 2. The molecule has 0 saturated heterocycles. The molecule has 0 aliphatic rings. The molecule has 0 fully saturated rings. The molecule has 8 heteroatoms. The van der Waals surface area contributed by atoms with Crippen LogP contribution in [0.2, 0.25) is 0 Å². The Bertz CT molecular complexity index is 919. The predicted molar refractivity (Wildman–Crippen MR) is 99.4 cm³/mol. The van der Waals surface area contributed by atoms with E-state index in [1.54, 1.807) is 32.4 Å². The second-order valence-electron chi connectivity index (χ2n) is 4.83. The summed E-state index contributed by atoms with van der Waals surface area (Å²) in [7, 11) is 3.16. The third-order valence-electron chi connectivity index (χ3n) is 3.46. The fraction of sp³-hybridized carbons (Fsp3) is 0.125. The Labute approximate surface area is 155 Å². The van der Waals surface area contributed by atoms with Crippen LogP contribution in [-0.4, -0.2) is 29.3 Å². The molecule has 0 atom stereocenters. The molecule has 0 unspecified atom stereocenters. The van der Waals surface area contributed by atoms with Gasteiger partial charge in [-0.3, -0.25) is 0 Å². The minimum Gasteiger partial charge on any atom is -0.507 e. The Morgan fingerprint density at radius 3 is 2.42 bits per heavy atom. The third kappa shape index (κ3) is 2.99. The van der Waals surface area contributed by atoms with Gasteiger partial charge < -0.3 is 19.9 Å². The first-order valence-electron chi connectivity index (χ1n) is 6.86. The van der Waals surface area contributed by atoms with Gasteiger partial charge in [0.2, 0.25) is 0 Å². The summed E-state index contributed by atoms with van der Waals surface area (Å²) in [6.07, 6.45) is 1.47. The van der Waals surface area contributed by atoms with E-state index in [-0.39, 0.29) is 5.75 Å². The van der Waals surface area contributed by atoms with Crippen molar-refractivity contribution in [3.05, 3.63) is 39.5 Å². The lowest BCUT2D eigenvalue weighted by Crippen LogP contribution is -1.98. The van der Waals surface area contributed by atoms with Crippen LogP contribution in [0.5, 0.6) is 17.2 Å². The van der Waals surface area contributed by atoms with E-state index in [0.717, 1.165) is 16.6 Å². The molecule has 6 nitrogen and oxygen atoms in total. The maximum atomic E-state index is 9.73. The Balaban J connectivity index is 2.12. The molecule has 1 aromatic heterocycles. The van der Waals surface area contributed by atoms with Crippen molar-refractivity contribution in [1.82, 2.24) is 9.97 Å². The molecule has 2 aromatic carbocycles. The van der Waals surface area contributed by atoms with Crippen molar-refractivity contribution in [2.45, 2.75) is 0 Å². The highest BCUT2D eigenvalue weighted by molar-refractivity contribution is 9.13. The van der Waals surface area contributed by atoms with Gasteiger partial charge in [-0.05, 0) is 50.1 Å². The van der Waals surface area contributed by atoms with Crippen molar-refractivity contribution in [3.8, 4) is 17.2 Å². The van der Waals surface area contributed by atoms with Gasteiger partial charge in [-0.15, -0.1) is 0 Å². The standard InChI is InChI=1S/C16H13Br2N3O3/c1-23-12-5-8-10(6-13(12)24-2)19-7-20-16(8)21-9-3-4-11(22)15(18)14(9)17/h3-7,22H,1-2H3,(H,19,20,21). The molecule has 3 rings (SSSR count). The van der Waals surface area contributed by atoms with E-state index in [9.17, 15) is 5.11 Å². The molecule has 0 aliphatic carbocycles. The van der Waals surface area contributed by atoms with Gasteiger partial charge in [0.1, 0.15) is 17.9 Å². The highest BCUT2D eigenvalue weighted by atomic mass is 79.9. The van der Waals surface area contributed by atoms with E-state index >= 15 is 0 Å². The number of aromatic nitrogens is 2. The van der Waals surface area contributed by atoms with Crippen molar-refractivity contribution in [3.63, 3.8) is 0 Å². The summed E-state index contributed by atoms with van der Waals surface area (Å²) in [6.45, 7) is 0. The predicted octanol–water partition coefficient (Wildman–Crippen LogP) is 4.62. The summed E-state index contributed by atoms with van der Waals surface area (Å²) in [5, 5.41) is 13.7. The lowest BCUT2D eigenvalue weighted by atomic mass is 10.2. The normalized spacial score (nSPS) is 10.7. The molecule has 24 heavy (non-hydrogen) atoms. The molecular weight excluding hydrogens is 442 g/mol. The van der Waals surface area contributed by atoms with Crippen LogP contribution in [-0.2, 0) is 0 Å². The van der Waals surface area contributed by atoms with Gasteiger partial charge in [-0.2, -0.15) is 0 Å². The summed E-state index contributed by atoms with van der Waals surface area (Å²) in [6, 6.07) is 6.95. The number of phenols is 1. The lowest BCUT2D eigenvalue weighted by Gasteiger charge is -2.13. The molecule has 3 aromatic rings. The second-order valence-corrected chi connectivity index (χ2v) is 6.42. The Hall–Kier alpha value is -2.06. The van der Waals surface area contributed by atoms with Crippen LogP contribution in [0.25, 0.3) is 10.9 Å². The number of nitrogens with zero attached hydrogens (tertiary/aromatic N) is 2. The van der Waals surface area contributed by atoms with E-state index in [1.807, 2.05) is 6.07 Å². The number of hydrogen-bond donors (Lipinski definition) is 2. The SMILES string of the molecule is COc1cc2ncnc(Nc3ccc(O)c(Br)c3Br)c2cc1OC. The molecular formula is C16H13Br2N3O3. The number of methoxy groups -OCH3 is 2. The van der Waals surface area contributed by atoms with Crippen LogP contribution in [0.1, 0.15) is 0 Å². The van der Waals surface area contributed by atoms with Crippen LogP contribution in [0.4, 0.5) is 11.5 Å². The topological polar surface area (TPSA) is 76.5 Å². The molecule has 0 aliphatic heterocycles. The molecule has 124 valence electrons. The lowest BCUT2D eigenvalue weighted by molar-refractivity contribution is 0.356. The molecule has 0 bridgehead atoms. The number of anilines is 2. The van der Waals surface area contributed by atoms with Gasteiger partial charge in [0, 0.05) is 11.5 Å². The first kappa shape index (κ1) is 16.8. The maximum absolute atomic E-state index is 9.73. The minimum atomic E-state index is 0.145. The fourth-order valence-electron chi connectivity index (χ4n) is 2.25. The smallest absolute Gasteiger partial charge is 0.162 e. The average molecular weight is 455 g/mol. The van der Waals surface area contributed by atoms with Crippen molar-refractivity contribution in [2.24, 2.45) is 0 Å². The molecule has 0 saturated carbocycles. The maximum Gasteiger partial charge on any atom is 0.162 e. The van der Waals surface area contributed by atoms with Gasteiger partial charge in [0.05, 0.1) is 34.4 Å². The first-order chi connectivity index (χ1) is 11.5. The quantitative estimate of drug-likeness (QED) is 0.560. The van der Waals surface area contributed by atoms with Crippen molar-refractivity contribution < 1.29 is 14.6 Å². The molecule has 0 amide bonds. The Morgan fingerprint density at radius 1 is 1.00 bits per heavy atom. The number of rotatable bonds is 4. The number of fused-ring (bicyclic) bond motifs is 1. The van der Waals surface area contributed by atoms with E-state index < -0.39 is 0 Å². The van der Waals surface area contributed by atoms with Gasteiger partial charge >= 0.3 is 0 Å². The first-order valence-corrected chi connectivity index (χ1v) is 8.44. The Morgan fingerprint density at radius 2 is 1.71 bits per heavy atom. The van der Waals surface area contributed by atoms with Crippen LogP contribution >= 0.6 is 31.9 Å². The Kier molecular flexibility index (Phi) is 4.77. The van der Waals surface area contributed by atoms with Crippen LogP contribution in [0.15, 0.2) is 39.5 Å². The number of nitrogens with one attached hydrogen (secondary N) is 1. The zero-order valence-electron chi connectivity index (χ0n) is 12.8. The molecule has 0 spiro atoms. The molecule has 1 heterocycles. The summed E-state index contributed by atoms with van der Waals surface area (Å²) in [5.41, 5.74) is 1.47. The van der Waals surface area contributed by atoms with Crippen LogP contribution < -0.4 is 14.8 Å². The van der Waals surface area contributed by atoms with E-state index in [0.29, 0.717) is 26.3 Å². The number of halogens is 2. The van der Waals surface area contributed by atoms with Crippen molar-refractivity contribution in [1.29, 1.82) is 0 Å². The summed E-state index contributed by atoms with van der Waals surface area (Å²) >= 11 is 6.77. The van der Waals surface area contributed by atoms with Crippen molar-refractivity contribution in [2.75, 3.05) is 19.5 Å². The van der Waals surface area contributed by atoms with E-state index in [1.165, 1.54) is 6.33 Å². The monoisotopic (exact) mass is 453 g/mol. The summed E-state index contributed by atoms with van der Waals surface area (Å²) in [4.78, 5) is 8.58. The third-order valence-corrected chi connectivity index (χ3v) is 5.61. The summed E-state index contributed by atoms with van der Waals surface area (Å²) < 4.78 is 11.9. The van der Waals surface area contributed by atoms with Gasteiger partial charge in [0.25, 0.3) is 0 Å². The second kappa shape index (κ2) is 6.82. The highest BCUT2D eigenvalue weighted by Crippen LogP contribution is 2.40. The molecule has 0 radical (unpaired) electrons. The number of aromatic hydroxyl groups is 1.